The van der Waals surface area contributed by atoms with Crippen molar-refractivity contribution in [2.75, 3.05) is 11.1 Å². The van der Waals surface area contributed by atoms with E-state index in [4.69, 9.17) is 0 Å². The molecule has 0 aliphatic carbocycles. The summed E-state index contributed by atoms with van der Waals surface area (Å²) in [7, 11) is 0. The minimum atomic E-state index is -0.0874. The predicted octanol–water partition coefficient (Wildman–Crippen LogP) is 3.46. The number of aliphatic hydroxyl groups excluding tert-OH is 1. The molecule has 0 radical (unpaired) electrons. The normalized spacial score (nSPS) is 10.7. The second kappa shape index (κ2) is 8.69. The Morgan fingerprint density at radius 3 is 2.73 bits per heavy atom. The molecule has 26 heavy (non-hydrogen) atoms. The lowest BCUT2D eigenvalue weighted by molar-refractivity contribution is -0.113. The number of aryl methyl sites for hydroxylation is 1. The number of benzene rings is 2. The number of hydrogen-bond acceptors (Lipinski definition) is 4. The van der Waals surface area contributed by atoms with Crippen molar-refractivity contribution in [3.05, 3.63) is 77.6 Å². The molecule has 0 atom stereocenters. The number of aromatic nitrogens is 2. The first-order valence-corrected chi connectivity index (χ1v) is 9.33. The van der Waals surface area contributed by atoms with Crippen molar-refractivity contribution in [3.63, 3.8) is 0 Å². The number of carbonyl (C=O) groups excluding carboxylic acids is 1. The van der Waals surface area contributed by atoms with Crippen molar-refractivity contribution >= 4 is 23.4 Å². The van der Waals surface area contributed by atoms with Gasteiger partial charge in [-0.3, -0.25) is 4.79 Å². The molecule has 0 aliphatic heterocycles. The van der Waals surface area contributed by atoms with Gasteiger partial charge in [0.2, 0.25) is 5.91 Å². The molecule has 1 aromatic heterocycles. The average molecular weight is 367 g/mol. The van der Waals surface area contributed by atoms with E-state index in [1.807, 2.05) is 66.1 Å². The van der Waals surface area contributed by atoms with E-state index in [-0.39, 0.29) is 18.3 Å². The number of carbonyl (C=O) groups is 1. The topological polar surface area (TPSA) is 67.2 Å². The Bertz CT molecular complexity index is 878. The van der Waals surface area contributed by atoms with Gasteiger partial charge in [-0.1, -0.05) is 54.2 Å². The van der Waals surface area contributed by atoms with Crippen LogP contribution in [0.2, 0.25) is 0 Å². The molecule has 3 rings (SSSR count). The van der Waals surface area contributed by atoms with E-state index in [1.165, 1.54) is 11.8 Å². The molecule has 0 saturated heterocycles. The second-order valence-corrected chi connectivity index (χ2v) is 6.91. The van der Waals surface area contributed by atoms with Crippen LogP contribution < -0.4 is 5.32 Å². The van der Waals surface area contributed by atoms with Crippen LogP contribution in [0, 0.1) is 6.92 Å². The summed E-state index contributed by atoms with van der Waals surface area (Å²) in [6, 6.07) is 17.7. The standard InChI is InChI=1S/C20H21N3O2S/c1-15-6-5-9-17(10-15)22-19(25)14-26-20-21-11-18(13-24)23(20)12-16-7-3-2-4-8-16/h2-11,24H,12-14H2,1H3,(H,22,25). The quantitative estimate of drug-likeness (QED) is 0.628. The SMILES string of the molecule is Cc1cccc(NC(=O)CSc2ncc(CO)n2Cc2ccccc2)c1. The van der Waals surface area contributed by atoms with Gasteiger partial charge in [0.15, 0.2) is 5.16 Å². The fourth-order valence-electron chi connectivity index (χ4n) is 2.62. The van der Waals surface area contributed by atoms with Crippen LogP contribution in [0.1, 0.15) is 16.8 Å². The number of amides is 1. The van der Waals surface area contributed by atoms with Crippen LogP contribution in [0.4, 0.5) is 5.69 Å². The molecule has 0 fully saturated rings. The van der Waals surface area contributed by atoms with Gasteiger partial charge in [-0.25, -0.2) is 4.98 Å². The molecule has 0 bridgehead atoms. The molecule has 0 unspecified atom stereocenters. The van der Waals surface area contributed by atoms with E-state index in [0.29, 0.717) is 6.54 Å². The lowest BCUT2D eigenvalue weighted by Gasteiger charge is -2.11. The Kier molecular flexibility index (Phi) is 6.09. The zero-order chi connectivity index (χ0) is 18.4. The van der Waals surface area contributed by atoms with E-state index >= 15 is 0 Å². The lowest BCUT2D eigenvalue weighted by Crippen LogP contribution is -2.15. The van der Waals surface area contributed by atoms with Crippen molar-refractivity contribution in [2.45, 2.75) is 25.2 Å². The molecule has 6 heteroatoms. The Hall–Kier alpha value is -2.57. The van der Waals surface area contributed by atoms with Crippen LogP contribution in [0.15, 0.2) is 66.0 Å². The summed E-state index contributed by atoms with van der Waals surface area (Å²) in [5, 5.41) is 13.2. The van der Waals surface area contributed by atoms with E-state index in [1.54, 1.807) is 6.20 Å². The van der Waals surface area contributed by atoms with Gasteiger partial charge in [0, 0.05) is 12.2 Å². The summed E-state index contributed by atoms with van der Waals surface area (Å²) in [5.74, 6) is 0.172. The fourth-order valence-corrected chi connectivity index (χ4v) is 3.42. The average Bonchev–Trinajstić information content (AvgIpc) is 3.02. The molecule has 0 saturated carbocycles. The molecule has 5 nitrogen and oxygen atoms in total. The van der Waals surface area contributed by atoms with Gasteiger partial charge < -0.3 is 15.0 Å². The molecule has 2 aromatic carbocycles. The number of anilines is 1. The van der Waals surface area contributed by atoms with Crippen LogP contribution in [-0.2, 0) is 17.9 Å². The summed E-state index contributed by atoms with van der Waals surface area (Å²) in [4.78, 5) is 16.6. The van der Waals surface area contributed by atoms with Gasteiger partial charge >= 0.3 is 0 Å². The zero-order valence-electron chi connectivity index (χ0n) is 14.6. The highest BCUT2D eigenvalue weighted by atomic mass is 32.2. The Morgan fingerprint density at radius 2 is 2.00 bits per heavy atom. The van der Waals surface area contributed by atoms with Crippen molar-refractivity contribution in [1.82, 2.24) is 9.55 Å². The summed E-state index contributed by atoms with van der Waals surface area (Å²) >= 11 is 1.36. The number of thioether (sulfide) groups is 1. The third-order valence-corrected chi connectivity index (χ3v) is 4.87. The first-order chi connectivity index (χ1) is 12.7. The first kappa shape index (κ1) is 18.2. The molecule has 0 spiro atoms. The van der Waals surface area contributed by atoms with Gasteiger partial charge in [0.25, 0.3) is 0 Å². The molecule has 0 aliphatic rings. The minimum absolute atomic E-state index is 0.0830. The fraction of sp³-hybridized carbons (Fsp3) is 0.200. The maximum atomic E-state index is 12.2. The number of hydrogen-bond donors (Lipinski definition) is 2. The number of nitrogens with one attached hydrogen (secondary N) is 1. The molecule has 1 heterocycles. The summed E-state index contributed by atoms with van der Waals surface area (Å²) in [5.41, 5.74) is 3.74. The minimum Gasteiger partial charge on any atom is -0.390 e. The summed E-state index contributed by atoms with van der Waals surface area (Å²) in [6.07, 6.45) is 1.66. The van der Waals surface area contributed by atoms with Gasteiger partial charge in [-0.15, -0.1) is 0 Å². The van der Waals surface area contributed by atoms with Gasteiger partial charge in [0.1, 0.15) is 0 Å². The Balaban J connectivity index is 1.66. The van der Waals surface area contributed by atoms with Crippen LogP contribution in [0.3, 0.4) is 0 Å². The van der Waals surface area contributed by atoms with Crippen LogP contribution in [-0.4, -0.2) is 26.3 Å². The van der Waals surface area contributed by atoms with Crippen molar-refractivity contribution < 1.29 is 9.90 Å². The van der Waals surface area contributed by atoms with E-state index in [2.05, 4.69) is 10.3 Å². The maximum absolute atomic E-state index is 12.2. The van der Waals surface area contributed by atoms with Gasteiger partial charge in [-0.05, 0) is 30.2 Å². The lowest BCUT2D eigenvalue weighted by atomic mass is 10.2. The van der Waals surface area contributed by atoms with Crippen LogP contribution >= 0.6 is 11.8 Å². The highest BCUT2D eigenvalue weighted by Gasteiger charge is 2.12. The largest absolute Gasteiger partial charge is 0.390 e. The number of rotatable bonds is 7. The monoisotopic (exact) mass is 367 g/mol. The highest BCUT2D eigenvalue weighted by Crippen LogP contribution is 2.21. The number of aliphatic hydroxyl groups is 1. The second-order valence-electron chi connectivity index (χ2n) is 5.97. The first-order valence-electron chi connectivity index (χ1n) is 8.34. The van der Waals surface area contributed by atoms with E-state index < -0.39 is 0 Å². The highest BCUT2D eigenvalue weighted by molar-refractivity contribution is 7.99. The molecule has 2 N–H and O–H groups in total. The van der Waals surface area contributed by atoms with Crippen molar-refractivity contribution in [1.29, 1.82) is 0 Å². The number of imidazole rings is 1. The van der Waals surface area contributed by atoms with Crippen molar-refractivity contribution in [2.24, 2.45) is 0 Å². The molecular weight excluding hydrogens is 346 g/mol. The van der Waals surface area contributed by atoms with E-state index in [9.17, 15) is 9.90 Å². The smallest absolute Gasteiger partial charge is 0.234 e. The Morgan fingerprint density at radius 1 is 1.19 bits per heavy atom. The molecule has 134 valence electrons. The van der Waals surface area contributed by atoms with Crippen LogP contribution in [0.5, 0.6) is 0 Å². The summed E-state index contributed by atoms with van der Waals surface area (Å²) < 4.78 is 1.94. The predicted molar refractivity (Wildman–Crippen MR) is 104 cm³/mol. The zero-order valence-corrected chi connectivity index (χ0v) is 15.4. The molecular formula is C20H21N3O2S. The van der Waals surface area contributed by atoms with Gasteiger partial charge in [-0.2, -0.15) is 0 Å². The molecule has 3 aromatic rings. The maximum Gasteiger partial charge on any atom is 0.234 e. The third-order valence-electron chi connectivity index (χ3n) is 3.88. The number of nitrogens with zero attached hydrogens (tertiary/aromatic N) is 2. The summed E-state index contributed by atoms with van der Waals surface area (Å²) in [6.45, 7) is 2.51. The molecule has 1 amide bonds. The Labute approximate surface area is 157 Å². The van der Waals surface area contributed by atoms with Crippen molar-refractivity contribution in [3.8, 4) is 0 Å². The van der Waals surface area contributed by atoms with Crippen LogP contribution in [0.25, 0.3) is 0 Å². The third kappa shape index (κ3) is 4.74. The van der Waals surface area contributed by atoms with Gasteiger partial charge in [0.05, 0.1) is 24.3 Å². The van der Waals surface area contributed by atoms with E-state index in [0.717, 1.165) is 27.7 Å².